The van der Waals surface area contributed by atoms with Gasteiger partial charge in [-0.15, -0.1) is 11.8 Å². The molecule has 0 bridgehead atoms. The third kappa shape index (κ3) is 1.82. The predicted molar refractivity (Wildman–Crippen MR) is 49.6 cm³/mol. The van der Waals surface area contributed by atoms with Gasteiger partial charge in [0.1, 0.15) is 5.75 Å². The fraction of sp³-hybridized carbons (Fsp3) is 0.250. The second kappa shape index (κ2) is 3.37. The van der Waals surface area contributed by atoms with E-state index in [1.165, 1.54) is 11.8 Å². The maximum Gasteiger partial charge on any atom is 0.129 e. The molecule has 1 aromatic rings. The molecule has 0 aliphatic heterocycles. The third-order valence-corrected chi connectivity index (χ3v) is 2.63. The molecule has 60 valence electrons. The van der Waals surface area contributed by atoms with Crippen molar-refractivity contribution in [1.82, 2.24) is 0 Å². The Bertz CT molecular complexity index is 273. The number of thioether (sulfide) groups is 1. The lowest BCUT2D eigenvalue weighted by atomic mass is 10.2. The lowest BCUT2D eigenvalue weighted by molar-refractivity contribution is 0.462. The molecular weight excluding hydrogens is 180 g/mol. The Hall–Kier alpha value is -0.340. The molecule has 1 aromatic carbocycles. The number of hydrogen-bond acceptors (Lipinski definition) is 2. The first-order valence-corrected chi connectivity index (χ1v) is 4.78. The van der Waals surface area contributed by atoms with E-state index in [1.54, 1.807) is 12.1 Å². The van der Waals surface area contributed by atoms with Crippen molar-refractivity contribution < 1.29 is 5.11 Å². The summed E-state index contributed by atoms with van der Waals surface area (Å²) in [5, 5.41) is 10.0. The molecule has 0 aliphatic carbocycles. The molecule has 0 atom stereocenters. The van der Waals surface area contributed by atoms with Gasteiger partial charge in [0.25, 0.3) is 0 Å². The average molecular weight is 189 g/mol. The summed E-state index contributed by atoms with van der Waals surface area (Å²) >= 11 is 7.32. The molecule has 11 heavy (non-hydrogen) atoms. The van der Waals surface area contributed by atoms with Crippen molar-refractivity contribution in [3.05, 3.63) is 22.7 Å². The number of hydrogen-bond donors (Lipinski definition) is 1. The van der Waals surface area contributed by atoms with Crippen molar-refractivity contribution in [2.45, 2.75) is 11.8 Å². The lowest BCUT2D eigenvalue weighted by Crippen LogP contribution is -1.78. The summed E-state index contributed by atoms with van der Waals surface area (Å²) in [7, 11) is 0. The summed E-state index contributed by atoms with van der Waals surface area (Å²) in [4.78, 5) is 0.820. The Labute approximate surface area is 75.4 Å². The van der Waals surface area contributed by atoms with Crippen molar-refractivity contribution in [2.75, 3.05) is 6.26 Å². The van der Waals surface area contributed by atoms with Gasteiger partial charge in [0.05, 0.1) is 4.90 Å². The van der Waals surface area contributed by atoms with Gasteiger partial charge < -0.3 is 5.11 Å². The zero-order valence-corrected chi connectivity index (χ0v) is 7.96. The van der Waals surface area contributed by atoms with Crippen molar-refractivity contribution in [1.29, 1.82) is 0 Å². The van der Waals surface area contributed by atoms with Gasteiger partial charge >= 0.3 is 0 Å². The molecule has 0 fully saturated rings. The van der Waals surface area contributed by atoms with Gasteiger partial charge in [-0.3, -0.25) is 0 Å². The van der Waals surface area contributed by atoms with E-state index in [2.05, 4.69) is 0 Å². The summed E-state index contributed by atoms with van der Waals surface area (Å²) in [6, 6.07) is 3.45. The summed E-state index contributed by atoms with van der Waals surface area (Å²) < 4.78 is 0. The average Bonchev–Trinajstić information content (AvgIpc) is 1.97. The van der Waals surface area contributed by atoms with E-state index < -0.39 is 0 Å². The van der Waals surface area contributed by atoms with Crippen LogP contribution in [-0.2, 0) is 0 Å². The van der Waals surface area contributed by atoms with Crippen molar-refractivity contribution in [2.24, 2.45) is 0 Å². The molecule has 0 spiro atoms. The fourth-order valence-electron chi connectivity index (χ4n) is 0.812. The topological polar surface area (TPSA) is 20.2 Å². The van der Waals surface area contributed by atoms with Crippen LogP contribution in [0.4, 0.5) is 0 Å². The van der Waals surface area contributed by atoms with E-state index in [-0.39, 0.29) is 0 Å². The van der Waals surface area contributed by atoms with Crippen LogP contribution in [0.25, 0.3) is 0 Å². The third-order valence-electron chi connectivity index (χ3n) is 1.46. The Balaban J connectivity index is 3.21. The highest BCUT2D eigenvalue weighted by molar-refractivity contribution is 7.98. The van der Waals surface area contributed by atoms with Crippen LogP contribution in [0, 0.1) is 6.92 Å². The minimum absolute atomic E-state index is 0.305. The van der Waals surface area contributed by atoms with Gasteiger partial charge in [0.2, 0.25) is 0 Å². The highest BCUT2D eigenvalue weighted by Crippen LogP contribution is 2.31. The molecule has 1 N–H and O–H groups in total. The molecule has 0 aromatic heterocycles. The minimum atomic E-state index is 0.305. The van der Waals surface area contributed by atoms with Crippen molar-refractivity contribution >= 4 is 23.4 Å². The van der Waals surface area contributed by atoms with E-state index >= 15 is 0 Å². The maximum atomic E-state index is 9.34. The van der Waals surface area contributed by atoms with E-state index in [4.69, 9.17) is 11.6 Å². The summed E-state index contributed by atoms with van der Waals surface area (Å²) in [6.07, 6.45) is 1.90. The van der Waals surface area contributed by atoms with Crippen LogP contribution >= 0.6 is 23.4 Å². The Morgan fingerprint density at radius 3 is 2.64 bits per heavy atom. The molecular formula is C8H9ClOS. The Morgan fingerprint density at radius 2 is 2.09 bits per heavy atom. The fourth-order valence-corrected chi connectivity index (χ4v) is 1.54. The molecule has 1 nitrogen and oxygen atoms in total. The molecule has 0 saturated carbocycles. The summed E-state index contributed by atoms with van der Waals surface area (Å²) in [6.45, 7) is 1.87. The number of halogens is 1. The molecule has 0 heterocycles. The molecule has 0 amide bonds. The van der Waals surface area contributed by atoms with Crippen LogP contribution in [0.1, 0.15) is 5.56 Å². The van der Waals surface area contributed by atoms with Crippen LogP contribution in [0.15, 0.2) is 17.0 Å². The van der Waals surface area contributed by atoms with Gasteiger partial charge in [-0.2, -0.15) is 0 Å². The smallest absolute Gasteiger partial charge is 0.129 e. The van der Waals surface area contributed by atoms with Gasteiger partial charge in [0.15, 0.2) is 0 Å². The first kappa shape index (κ1) is 8.75. The molecule has 1 rings (SSSR count). The minimum Gasteiger partial charge on any atom is -0.507 e. The first-order valence-electron chi connectivity index (χ1n) is 3.18. The van der Waals surface area contributed by atoms with Crippen LogP contribution in [-0.4, -0.2) is 11.4 Å². The van der Waals surface area contributed by atoms with Gasteiger partial charge in [-0.1, -0.05) is 11.6 Å². The van der Waals surface area contributed by atoms with Crippen molar-refractivity contribution in [3.63, 3.8) is 0 Å². The van der Waals surface area contributed by atoms with E-state index in [0.29, 0.717) is 10.8 Å². The number of phenolic OH excluding ortho intramolecular Hbond substituents is 1. The Kier molecular flexibility index (Phi) is 2.68. The van der Waals surface area contributed by atoms with E-state index in [0.717, 1.165) is 10.5 Å². The molecule has 0 unspecified atom stereocenters. The maximum absolute atomic E-state index is 9.34. The first-order chi connectivity index (χ1) is 5.15. The molecule has 0 saturated heterocycles. The molecule has 0 radical (unpaired) electrons. The van der Waals surface area contributed by atoms with Crippen LogP contribution in [0.3, 0.4) is 0 Å². The second-order valence-electron chi connectivity index (χ2n) is 2.27. The quantitative estimate of drug-likeness (QED) is 0.684. The predicted octanol–water partition coefficient (Wildman–Crippen LogP) is 3.08. The van der Waals surface area contributed by atoms with E-state index in [9.17, 15) is 5.11 Å². The van der Waals surface area contributed by atoms with Gasteiger partial charge in [0, 0.05) is 5.02 Å². The van der Waals surface area contributed by atoms with Gasteiger partial charge in [-0.25, -0.2) is 0 Å². The van der Waals surface area contributed by atoms with Crippen LogP contribution in [0.5, 0.6) is 5.75 Å². The number of benzene rings is 1. The van der Waals surface area contributed by atoms with Crippen molar-refractivity contribution in [3.8, 4) is 5.75 Å². The molecule has 3 heteroatoms. The normalized spacial score (nSPS) is 10.1. The standard InChI is InChI=1S/C8H9ClOS/c1-5-3-7(10)8(11-2)4-6(5)9/h3-4,10H,1-2H3. The highest BCUT2D eigenvalue weighted by atomic mass is 35.5. The lowest BCUT2D eigenvalue weighted by Gasteiger charge is -2.03. The second-order valence-corrected chi connectivity index (χ2v) is 3.53. The number of aromatic hydroxyl groups is 1. The van der Waals surface area contributed by atoms with Gasteiger partial charge in [-0.05, 0) is 30.9 Å². The Morgan fingerprint density at radius 1 is 1.45 bits per heavy atom. The number of phenols is 1. The highest BCUT2D eigenvalue weighted by Gasteiger charge is 2.02. The zero-order chi connectivity index (χ0) is 8.43. The molecule has 0 aliphatic rings. The van der Waals surface area contributed by atoms with Crippen LogP contribution < -0.4 is 0 Å². The monoisotopic (exact) mass is 188 g/mol. The summed E-state index contributed by atoms with van der Waals surface area (Å²) in [5.74, 6) is 0.305. The van der Waals surface area contributed by atoms with E-state index in [1.807, 2.05) is 13.2 Å². The number of rotatable bonds is 1. The van der Waals surface area contributed by atoms with Crippen LogP contribution in [0.2, 0.25) is 5.02 Å². The number of aryl methyl sites for hydroxylation is 1. The largest absolute Gasteiger partial charge is 0.507 e. The summed E-state index contributed by atoms with van der Waals surface area (Å²) in [5.41, 5.74) is 0.905. The zero-order valence-electron chi connectivity index (χ0n) is 6.39. The SMILES string of the molecule is CSc1cc(Cl)c(C)cc1O.